The van der Waals surface area contributed by atoms with Crippen LogP contribution < -0.4 is 5.73 Å². The Hall–Kier alpha value is -0.280. The summed E-state index contributed by atoms with van der Waals surface area (Å²) in [4.78, 5) is 14.0. The molecule has 0 spiro atoms. The fourth-order valence-electron chi connectivity index (χ4n) is 1.67. The van der Waals surface area contributed by atoms with Crippen LogP contribution in [0.2, 0.25) is 0 Å². The fraction of sp³-hybridized carbons (Fsp3) is 0.923. The summed E-state index contributed by atoms with van der Waals surface area (Å²) in [6, 6.07) is 0.115. The third-order valence-electron chi connectivity index (χ3n) is 2.34. The second-order valence-corrected chi connectivity index (χ2v) is 5.60. The van der Waals surface area contributed by atoms with E-state index in [2.05, 4.69) is 27.7 Å². The maximum atomic E-state index is 12.0. The summed E-state index contributed by atoms with van der Waals surface area (Å²) in [5.74, 6) is 1.30. The van der Waals surface area contributed by atoms with E-state index in [4.69, 9.17) is 5.73 Å². The van der Waals surface area contributed by atoms with Crippen LogP contribution in [0.3, 0.4) is 0 Å². The molecule has 1 amide bonds. The van der Waals surface area contributed by atoms with Crippen LogP contribution in [-0.4, -0.2) is 29.9 Å². The van der Waals surface area contributed by atoms with Gasteiger partial charge in [0.25, 0.3) is 0 Å². The van der Waals surface area contributed by atoms with Gasteiger partial charge in [-0.15, -0.1) is 12.4 Å². The van der Waals surface area contributed by atoms with Gasteiger partial charge in [0.15, 0.2) is 0 Å². The van der Waals surface area contributed by atoms with E-state index in [1.807, 2.05) is 11.8 Å². The predicted octanol–water partition coefficient (Wildman–Crippen LogP) is 2.68. The zero-order chi connectivity index (χ0) is 12.7. The molecule has 0 aromatic heterocycles. The Labute approximate surface area is 113 Å². The van der Waals surface area contributed by atoms with Gasteiger partial charge in [0.2, 0.25) is 5.91 Å². The minimum atomic E-state index is 0. The smallest absolute Gasteiger partial charge is 0.222 e. The molecule has 0 saturated carbocycles. The minimum absolute atomic E-state index is 0. The molecule has 0 aromatic rings. The minimum Gasteiger partial charge on any atom is -0.342 e. The summed E-state index contributed by atoms with van der Waals surface area (Å²) in [7, 11) is 0. The van der Waals surface area contributed by atoms with Crippen LogP contribution in [0, 0.1) is 11.8 Å². The number of rotatable bonds is 7. The van der Waals surface area contributed by atoms with Gasteiger partial charge in [-0.3, -0.25) is 4.79 Å². The Morgan fingerprint density at radius 2 is 1.47 bits per heavy atom. The van der Waals surface area contributed by atoms with Crippen molar-refractivity contribution in [3.05, 3.63) is 0 Å². The zero-order valence-electron chi connectivity index (χ0n) is 11.9. The van der Waals surface area contributed by atoms with Gasteiger partial charge in [-0.25, -0.2) is 0 Å². The number of hydrogen-bond donors (Lipinski definition) is 1. The molecule has 1 unspecified atom stereocenters. The Morgan fingerprint density at radius 3 is 1.76 bits per heavy atom. The first-order chi connectivity index (χ1) is 7.32. The van der Waals surface area contributed by atoms with E-state index in [9.17, 15) is 4.79 Å². The summed E-state index contributed by atoms with van der Waals surface area (Å²) in [5, 5.41) is 0. The second-order valence-electron chi connectivity index (χ2n) is 5.60. The Kier molecular flexibility index (Phi) is 10.9. The van der Waals surface area contributed by atoms with Crippen molar-refractivity contribution in [2.24, 2.45) is 17.6 Å². The molecule has 0 rings (SSSR count). The van der Waals surface area contributed by atoms with Crippen LogP contribution in [0.25, 0.3) is 0 Å². The molecular weight excluding hydrogens is 236 g/mol. The monoisotopic (exact) mass is 264 g/mol. The van der Waals surface area contributed by atoms with Crippen molar-refractivity contribution in [2.45, 2.75) is 53.5 Å². The number of carbonyl (C=O) groups is 1. The quantitative estimate of drug-likeness (QED) is 0.769. The summed E-state index contributed by atoms with van der Waals surface area (Å²) < 4.78 is 0. The van der Waals surface area contributed by atoms with Crippen molar-refractivity contribution < 1.29 is 4.79 Å². The summed E-state index contributed by atoms with van der Waals surface area (Å²) in [6.45, 7) is 12.2. The lowest BCUT2D eigenvalue weighted by Crippen LogP contribution is -2.37. The van der Waals surface area contributed by atoms with Crippen molar-refractivity contribution >= 4 is 18.3 Å². The van der Waals surface area contributed by atoms with E-state index >= 15 is 0 Å². The Balaban J connectivity index is 0. The van der Waals surface area contributed by atoms with Crippen molar-refractivity contribution in [3.8, 4) is 0 Å². The van der Waals surface area contributed by atoms with E-state index in [-0.39, 0.29) is 24.4 Å². The van der Waals surface area contributed by atoms with Crippen molar-refractivity contribution in [2.75, 3.05) is 13.1 Å². The fourth-order valence-corrected chi connectivity index (χ4v) is 1.67. The van der Waals surface area contributed by atoms with Gasteiger partial charge in [-0.05, 0) is 25.2 Å². The molecule has 0 fully saturated rings. The van der Waals surface area contributed by atoms with Crippen molar-refractivity contribution in [1.29, 1.82) is 0 Å². The highest BCUT2D eigenvalue weighted by Crippen LogP contribution is 2.07. The van der Waals surface area contributed by atoms with Crippen LogP contribution in [0.5, 0.6) is 0 Å². The lowest BCUT2D eigenvalue weighted by molar-refractivity contribution is -0.132. The Morgan fingerprint density at radius 1 is 1.06 bits per heavy atom. The molecule has 3 nitrogen and oxygen atoms in total. The van der Waals surface area contributed by atoms with Crippen LogP contribution in [0.1, 0.15) is 47.5 Å². The third kappa shape index (κ3) is 10.6. The van der Waals surface area contributed by atoms with E-state index in [1.54, 1.807) is 0 Å². The van der Waals surface area contributed by atoms with Crippen LogP contribution >= 0.6 is 12.4 Å². The second kappa shape index (κ2) is 9.72. The molecule has 4 heteroatoms. The number of carbonyl (C=O) groups excluding carboxylic acids is 1. The van der Waals surface area contributed by atoms with Crippen LogP contribution in [0.4, 0.5) is 0 Å². The number of nitrogens with two attached hydrogens (primary N) is 1. The number of halogens is 1. The first-order valence-corrected chi connectivity index (χ1v) is 6.36. The highest BCUT2D eigenvalue weighted by molar-refractivity contribution is 5.85. The van der Waals surface area contributed by atoms with E-state index in [1.165, 1.54) is 0 Å². The van der Waals surface area contributed by atoms with E-state index < -0.39 is 0 Å². The number of amides is 1. The topological polar surface area (TPSA) is 46.3 Å². The maximum absolute atomic E-state index is 12.0. The SMILES string of the molecule is CC(C)CN(CC(C)C)C(=O)CCC(C)N.Cl. The van der Waals surface area contributed by atoms with Gasteiger partial charge in [-0.2, -0.15) is 0 Å². The first-order valence-electron chi connectivity index (χ1n) is 6.36. The van der Waals surface area contributed by atoms with Crippen molar-refractivity contribution in [3.63, 3.8) is 0 Å². The van der Waals surface area contributed by atoms with Gasteiger partial charge in [-0.1, -0.05) is 27.7 Å². The highest BCUT2D eigenvalue weighted by atomic mass is 35.5. The lowest BCUT2D eigenvalue weighted by Gasteiger charge is -2.26. The van der Waals surface area contributed by atoms with Crippen LogP contribution in [0.15, 0.2) is 0 Å². The molecule has 2 N–H and O–H groups in total. The molecule has 0 aliphatic heterocycles. The van der Waals surface area contributed by atoms with E-state index in [0.717, 1.165) is 19.5 Å². The summed E-state index contributed by atoms with van der Waals surface area (Å²) in [6.07, 6.45) is 1.36. The van der Waals surface area contributed by atoms with E-state index in [0.29, 0.717) is 18.3 Å². The van der Waals surface area contributed by atoms with Gasteiger partial charge in [0.1, 0.15) is 0 Å². The predicted molar refractivity (Wildman–Crippen MR) is 76.4 cm³/mol. The standard InChI is InChI=1S/C13H28N2O.ClH/c1-10(2)8-15(9-11(3)4)13(16)7-6-12(5)14;/h10-12H,6-9,14H2,1-5H3;1H. The van der Waals surface area contributed by atoms with Crippen LogP contribution in [-0.2, 0) is 4.79 Å². The average molecular weight is 265 g/mol. The van der Waals surface area contributed by atoms with Gasteiger partial charge >= 0.3 is 0 Å². The largest absolute Gasteiger partial charge is 0.342 e. The van der Waals surface area contributed by atoms with Gasteiger partial charge < -0.3 is 10.6 Å². The molecule has 1 atom stereocenters. The summed E-state index contributed by atoms with van der Waals surface area (Å²) in [5.41, 5.74) is 5.67. The number of hydrogen-bond acceptors (Lipinski definition) is 2. The van der Waals surface area contributed by atoms with Gasteiger partial charge in [0.05, 0.1) is 0 Å². The van der Waals surface area contributed by atoms with Gasteiger partial charge in [0, 0.05) is 25.6 Å². The molecule has 0 aromatic carbocycles. The molecule has 0 saturated heterocycles. The molecule has 104 valence electrons. The normalized spacial score (nSPS) is 12.5. The zero-order valence-corrected chi connectivity index (χ0v) is 12.7. The maximum Gasteiger partial charge on any atom is 0.222 e. The summed E-state index contributed by atoms with van der Waals surface area (Å²) >= 11 is 0. The third-order valence-corrected chi connectivity index (χ3v) is 2.34. The van der Waals surface area contributed by atoms with Crippen molar-refractivity contribution in [1.82, 2.24) is 4.90 Å². The molecular formula is C13H29ClN2O. The molecule has 17 heavy (non-hydrogen) atoms. The lowest BCUT2D eigenvalue weighted by atomic mass is 10.1. The first kappa shape index (κ1) is 19.1. The molecule has 0 aliphatic carbocycles. The Bertz CT molecular complexity index is 196. The molecule has 0 aliphatic rings. The molecule has 0 bridgehead atoms. The molecule has 0 radical (unpaired) electrons. The average Bonchev–Trinajstić information content (AvgIpc) is 2.11. The highest BCUT2D eigenvalue weighted by Gasteiger charge is 2.16. The molecule has 0 heterocycles. The number of nitrogens with zero attached hydrogens (tertiary/aromatic N) is 1.